The third-order valence-electron chi connectivity index (χ3n) is 2.42. The highest BCUT2D eigenvalue weighted by molar-refractivity contribution is 6.48. The Morgan fingerprint density at radius 3 is 2.27 bits per heavy atom. The van der Waals surface area contributed by atoms with Crippen LogP contribution in [0, 0.1) is 23.4 Å². The molecule has 1 atom stereocenters. The molecule has 0 radical (unpaired) electrons. The predicted molar refractivity (Wildman–Crippen MR) is 70.2 cm³/mol. The van der Waals surface area contributed by atoms with Gasteiger partial charge in [-0.05, 0) is 24.9 Å². The number of unbranched alkanes of at least 4 members (excludes halogenated alkanes) is 1. The Bertz CT molecular complexity index is 217. The Morgan fingerprint density at radius 2 is 1.87 bits per heavy atom. The number of rotatable bonds is 4. The molecule has 0 saturated heterocycles. The quantitative estimate of drug-likeness (QED) is 0.523. The standard InChI is InChI=1S/C13H26OSi/c1-7-8-9-12(13(2,3)4)10-11-14-15(5)6/h12,15H,7-9H2,1-6H3. The zero-order valence-corrected chi connectivity index (χ0v) is 12.3. The van der Waals surface area contributed by atoms with Crippen LogP contribution in [0.4, 0.5) is 0 Å². The Balaban J connectivity index is 4.28. The Labute approximate surface area is 97.3 Å². The van der Waals surface area contributed by atoms with Gasteiger partial charge >= 0.3 is 0 Å². The highest BCUT2D eigenvalue weighted by atomic mass is 28.3. The number of hydrogen-bond donors (Lipinski definition) is 0. The fourth-order valence-corrected chi connectivity index (χ4v) is 1.66. The van der Waals surface area contributed by atoms with Crippen LogP contribution >= 0.6 is 0 Å². The van der Waals surface area contributed by atoms with E-state index in [0.717, 1.165) is 0 Å². The molecule has 0 spiro atoms. The van der Waals surface area contributed by atoms with Gasteiger partial charge in [0, 0.05) is 5.92 Å². The Kier molecular flexibility index (Phi) is 6.76. The molecular weight excluding hydrogens is 200 g/mol. The van der Waals surface area contributed by atoms with Crippen molar-refractivity contribution >= 4 is 9.04 Å². The van der Waals surface area contributed by atoms with Crippen LogP contribution in [-0.4, -0.2) is 9.04 Å². The summed E-state index contributed by atoms with van der Waals surface area (Å²) in [7, 11) is -0.984. The van der Waals surface area contributed by atoms with Crippen LogP contribution in [0.1, 0.15) is 47.0 Å². The lowest BCUT2D eigenvalue weighted by molar-refractivity contribution is 0.281. The molecule has 0 aromatic carbocycles. The second kappa shape index (κ2) is 6.95. The van der Waals surface area contributed by atoms with Gasteiger partial charge in [-0.1, -0.05) is 46.5 Å². The van der Waals surface area contributed by atoms with Crippen molar-refractivity contribution in [1.82, 2.24) is 0 Å². The minimum Gasteiger partial charge on any atom is -0.505 e. The van der Waals surface area contributed by atoms with Crippen LogP contribution in [0.2, 0.25) is 13.1 Å². The SMILES string of the molecule is CCCCC(C#CO[SiH](C)C)C(C)(C)C. The highest BCUT2D eigenvalue weighted by Gasteiger charge is 2.22. The summed E-state index contributed by atoms with van der Waals surface area (Å²) < 4.78 is 5.43. The molecule has 0 aliphatic heterocycles. The first-order valence-corrected chi connectivity index (χ1v) is 8.82. The van der Waals surface area contributed by atoms with Gasteiger partial charge < -0.3 is 4.43 Å². The van der Waals surface area contributed by atoms with Crippen molar-refractivity contribution in [2.75, 3.05) is 0 Å². The fraction of sp³-hybridized carbons (Fsp3) is 0.846. The van der Waals surface area contributed by atoms with E-state index in [4.69, 9.17) is 4.43 Å². The second-order valence-electron chi connectivity index (χ2n) is 5.47. The lowest BCUT2D eigenvalue weighted by Crippen LogP contribution is -2.19. The molecule has 0 rings (SSSR count). The van der Waals surface area contributed by atoms with Crippen LogP contribution < -0.4 is 0 Å². The van der Waals surface area contributed by atoms with Crippen LogP contribution in [0.15, 0.2) is 0 Å². The lowest BCUT2D eigenvalue weighted by atomic mass is 9.78. The first-order chi connectivity index (χ1) is 6.88. The minimum atomic E-state index is -0.984. The van der Waals surface area contributed by atoms with Crippen LogP contribution in [0.5, 0.6) is 0 Å². The maximum absolute atomic E-state index is 5.43. The molecule has 0 fully saturated rings. The molecule has 0 bridgehead atoms. The molecule has 0 saturated carbocycles. The third kappa shape index (κ3) is 7.50. The van der Waals surface area contributed by atoms with Gasteiger partial charge in [0.2, 0.25) is 9.04 Å². The van der Waals surface area contributed by atoms with Gasteiger partial charge in [0.15, 0.2) is 0 Å². The summed E-state index contributed by atoms with van der Waals surface area (Å²) in [5, 5.41) is 0. The topological polar surface area (TPSA) is 9.23 Å². The molecule has 0 aliphatic rings. The predicted octanol–water partition coefficient (Wildman–Crippen LogP) is 3.80. The highest BCUT2D eigenvalue weighted by Crippen LogP contribution is 2.29. The zero-order chi connectivity index (χ0) is 11.9. The summed E-state index contributed by atoms with van der Waals surface area (Å²) in [4.78, 5) is 0. The summed E-state index contributed by atoms with van der Waals surface area (Å²) >= 11 is 0. The summed E-state index contributed by atoms with van der Waals surface area (Å²) in [6.07, 6.45) is 6.61. The van der Waals surface area contributed by atoms with Gasteiger partial charge in [-0.15, -0.1) is 0 Å². The van der Waals surface area contributed by atoms with Gasteiger partial charge in [-0.2, -0.15) is 0 Å². The van der Waals surface area contributed by atoms with E-state index in [1.165, 1.54) is 19.3 Å². The average molecular weight is 226 g/mol. The van der Waals surface area contributed by atoms with Crippen molar-refractivity contribution in [3.05, 3.63) is 0 Å². The van der Waals surface area contributed by atoms with Crippen LogP contribution in [-0.2, 0) is 4.43 Å². The summed E-state index contributed by atoms with van der Waals surface area (Å²) in [5.41, 5.74) is 0.268. The van der Waals surface area contributed by atoms with Crippen molar-refractivity contribution < 1.29 is 4.43 Å². The van der Waals surface area contributed by atoms with E-state index in [1.54, 1.807) is 0 Å². The van der Waals surface area contributed by atoms with Crippen molar-refractivity contribution in [1.29, 1.82) is 0 Å². The molecule has 0 N–H and O–H groups in total. The summed E-state index contributed by atoms with van der Waals surface area (Å²) in [5.74, 6) is 3.75. The fourth-order valence-electron chi connectivity index (χ4n) is 1.35. The zero-order valence-electron chi connectivity index (χ0n) is 11.2. The van der Waals surface area contributed by atoms with E-state index in [-0.39, 0.29) is 5.41 Å². The van der Waals surface area contributed by atoms with E-state index in [1.807, 2.05) is 0 Å². The average Bonchev–Trinajstić information content (AvgIpc) is 2.08. The molecule has 0 aromatic heterocycles. The van der Waals surface area contributed by atoms with Crippen molar-refractivity contribution in [3.8, 4) is 12.0 Å². The second-order valence-corrected chi connectivity index (χ2v) is 7.81. The van der Waals surface area contributed by atoms with E-state index >= 15 is 0 Å². The molecule has 0 aliphatic carbocycles. The van der Waals surface area contributed by atoms with Gasteiger partial charge in [-0.3, -0.25) is 0 Å². The molecular formula is C13H26OSi. The molecule has 0 heterocycles. The molecule has 0 aromatic rings. The molecule has 88 valence electrons. The van der Waals surface area contributed by atoms with Crippen molar-refractivity contribution in [2.24, 2.45) is 11.3 Å². The molecule has 1 nitrogen and oxygen atoms in total. The lowest BCUT2D eigenvalue weighted by Gasteiger charge is -2.25. The normalized spacial score (nSPS) is 13.3. The van der Waals surface area contributed by atoms with Crippen LogP contribution in [0.25, 0.3) is 0 Å². The van der Waals surface area contributed by atoms with Crippen molar-refractivity contribution in [2.45, 2.75) is 60.1 Å². The van der Waals surface area contributed by atoms with Gasteiger partial charge in [0.1, 0.15) is 0 Å². The molecule has 1 unspecified atom stereocenters. The van der Waals surface area contributed by atoms with Gasteiger partial charge in [-0.25, -0.2) is 0 Å². The third-order valence-corrected chi connectivity index (χ3v) is 3.01. The molecule has 2 heteroatoms. The van der Waals surface area contributed by atoms with E-state index in [0.29, 0.717) is 5.92 Å². The van der Waals surface area contributed by atoms with E-state index in [2.05, 4.69) is 52.8 Å². The first kappa shape index (κ1) is 14.6. The van der Waals surface area contributed by atoms with Crippen LogP contribution in [0.3, 0.4) is 0 Å². The maximum Gasteiger partial charge on any atom is 0.244 e. The molecule has 15 heavy (non-hydrogen) atoms. The summed E-state index contributed by atoms with van der Waals surface area (Å²) in [6, 6.07) is 0. The first-order valence-electron chi connectivity index (χ1n) is 6.04. The maximum atomic E-state index is 5.43. The smallest absolute Gasteiger partial charge is 0.244 e. The Hall–Kier alpha value is -0.423. The van der Waals surface area contributed by atoms with Gasteiger partial charge in [0.05, 0.1) is 6.11 Å². The molecule has 0 amide bonds. The van der Waals surface area contributed by atoms with E-state index in [9.17, 15) is 0 Å². The van der Waals surface area contributed by atoms with Crippen molar-refractivity contribution in [3.63, 3.8) is 0 Å². The number of hydrogen-bond acceptors (Lipinski definition) is 1. The Morgan fingerprint density at radius 1 is 1.27 bits per heavy atom. The van der Waals surface area contributed by atoms with Gasteiger partial charge in [0.25, 0.3) is 0 Å². The summed E-state index contributed by atoms with van der Waals surface area (Å²) in [6.45, 7) is 13.3. The monoisotopic (exact) mass is 226 g/mol. The van der Waals surface area contributed by atoms with E-state index < -0.39 is 9.04 Å². The minimum absolute atomic E-state index is 0.268. The largest absolute Gasteiger partial charge is 0.505 e.